The maximum Gasteiger partial charge on any atom is 0.108 e. The molecule has 4 aromatic heterocycles. The van der Waals surface area contributed by atoms with Crippen molar-refractivity contribution in [3.05, 3.63) is 340 Å². The number of pyridine rings is 3. The van der Waals surface area contributed by atoms with Crippen molar-refractivity contribution in [2.45, 2.75) is 249 Å². The zero-order valence-corrected chi connectivity index (χ0v) is 74.9. The van der Waals surface area contributed by atoms with Crippen LogP contribution in [0.15, 0.2) is 267 Å². The predicted molar refractivity (Wildman–Crippen MR) is 503 cm³/mol. The number of benzene rings is 11. The Bertz CT molecular complexity index is 5550. The largest absolute Gasteiger partial charge is 0.256 e. The first-order chi connectivity index (χ1) is 54.1. The van der Waals surface area contributed by atoms with Crippen molar-refractivity contribution < 1.29 is 0 Å². The molecular formula is C109H129N5S. The van der Waals surface area contributed by atoms with E-state index < -0.39 is 0 Å². The second-order valence-corrected chi connectivity index (χ2v) is 40.0. The van der Waals surface area contributed by atoms with Crippen molar-refractivity contribution in [3.63, 3.8) is 0 Å². The van der Waals surface area contributed by atoms with Crippen molar-refractivity contribution in [1.29, 1.82) is 0 Å². The SMILES string of the molecule is CC(C)(C)c1ccc2ccccc2c1.CC(C)(C)c1ccc2ncccc2c1.CC(C)(C)c1cccc2c1CCCC2.CC(C)(C)c1cccc2c1Cc1ccccc1-2.CC(C)(C)c1cccc2ccccc12.CC(C)(C)c1cccc2ncccc12.CC(C)(C)c1cccc2nsnc12.Cc1ccc2cccc(C(C)(C)C)c2n1. The fourth-order valence-electron chi connectivity index (χ4n) is 15.4. The van der Waals surface area contributed by atoms with Crippen molar-refractivity contribution in [2.75, 3.05) is 0 Å². The summed E-state index contributed by atoms with van der Waals surface area (Å²) in [4.78, 5) is 13.3. The average molecular weight is 1540 g/mol. The van der Waals surface area contributed by atoms with Gasteiger partial charge in [-0.1, -0.05) is 378 Å². The zero-order chi connectivity index (χ0) is 83.5. The highest BCUT2D eigenvalue weighted by molar-refractivity contribution is 7.00. The quantitative estimate of drug-likeness (QED) is 0.151. The minimum absolute atomic E-state index is 0.148. The van der Waals surface area contributed by atoms with E-state index in [0.29, 0.717) is 5.41 Å². The Hall–Kier alpha value is -10.0. The molecule has 0 saturated heterocycles. The number of nitrogens with zero attached hydrogens (tertiary/aromatic N) is 5. The van der Waals surface area contributed by atoms with Gasteiger partial charge >= 0.3 is 0 Å². The first-order valence-electron chi connectivity index (χ1n) is 41.6. The Balaban J connectivity index is 0.000000139. The van der Waals surface area contributed by atoms with Crippen LogP contribution in [0.25, 0.3) is 76.4 Å². The lowest BCUT2D eigenvalue weighted by atomic mass is 9.78. The molecule has 0 aliphatic heterocycles. The molecule has 0 unspecified atom stereocenters. The molecule has 15 aromatic rings. The van der Waals surface area contributed by atoms with Crippen LogP contribution in [-0.4, -0.2) is 23.7 Å². The second-order valence-electron chi connectivity index (χ2n) is 39.5. The van der Waals surface area contributed by atoms with Gasteiger partial charge in [-0.15, -0.1) is 0 Å². The van der Waals surface area contributed by atoms with Crippen molar-refractivity contribution in [2.24, 2.45) is 0 Å². The molecule has 0 saturated carbocycles. The highest BCUT2D eigenvalue weighted by atomic mass is 32.1. The summed E-state index contributed by atoms with van der Waals surface area (Å²) in [5.41, 5.74) is 28.5. The number of fused-ring (bicyclic) bond motifs is 10. The number of hydrogen-bond donors (Lipinski definition) is 0. The normalized spacial score (nSPS) is 12.7. The zero-order valence-electron chi connectivity index (χ0n) is 74.1. The lowest BCUT2D eigenvalue weighted by molar-refractivity contribution is 0.568. The Morgan fingerprint density at radius 1 is 0.270 bits per heavy atom. The van der Waals surface area contributed by atoms with E-state index in [1.165, 1.54) is 136 Å². The summed E-state index contributed by atoms with van der Waals surface area (Å²) >= 11 is 1.28. The Kier molecular flexibility index (Phi) is 27.7. The van der Waals surface area contributed by atoms with Gasteiger partial charge in [0.25, 0.3) is 0 Å². The van der Waals surface area contributed by atoms with E-state index in [2.05, 4.69) is 420 Å². The monoisotopic (exact) mass is 1540 g/mol. The van der Waals surface area contributed by atoms with Crippen molar-refractivity contribution in [1.82, 2.24) is 23.7 Å². The summed E-state index contributed by atoms with van der Waals surface area (Å²) in [6.45, 7) is 56.0. The van der Waals surface area contributed by atoms with E-state index in [-0.39, 0.29) is 37.9 Å². The molecule has 0 radical (unpaired) electrons. The van der Waals surface area contributed by atoms with E-state index in [4.69, 9.17) is 0 Å². The topological polar surface area (TPSA) is 64.5 Å². The standard InChI is InChI=1S/C17H18.C14H17N.C14H20.2C14H16.2C13H15N.C10H12N2S/c1-17(2,3)16-10-6-9-14-13-8-5-4-7-12(13)11-15(14)16;1-10-8-9-11-6-5-7-12(13(11)15-10)14(2,3)4;2*1-14(2,3)13-10-6-8-11-7-4-5-9-12(11)13;1-14(2,3)13-9-8-11-6-4-5-7-12(11)10-13;1-13(2,3)11-7-4-8-12-10(11)6-5-9-14-12;1-13(2,3)11-6-7-12-10(9-11)5-4-8-14-12;1-10(2,3)7-5-4-6-8-9(7)12-13-11-8/h4-10H,11H2,1-3H3;5-9H,1-4H3;6,8,10H,4-5,7,9H2,1-3H3;2*4-10H,1-3H3;2*4-9H,1-3H3;4-6H,1-3H3. The maximum absolute atomic E-state index is 4.64. The van der Waals surface area contributed by atoms with Crippen LogP contribution < -0.4 is 0 Å². The predicted octanol–water partition coefficient (Wildman–Crippen LogP) is 30.6. The van der Waals surface area contributed by atoms with Crippen LogP contribution in [-0.2, 0) is 62.6 Å². The van der Waals surface area contributed by atoms with Crippen LogP contribution in [0.5, 0.6) is 0 Å². The van der Waals surface area contributed by atoms with Crippen LogP contribution in [0.4, 0.5) is 0 Å². The van der Waals surface area contributed by atoms with E-state index in [1.54, 1.807) is 16.7 Å². The molecule has 4 heterocycles. The summed E-state index contributed by atoms with van der Waals surface area (Å²) in [5, 5.41) is 9.08. The minimum Gasteiger partial charge on any atom is -0.256 e. The third-order valence-corrected chi connectivity index (χ3v) is 22.3. The molecule has 0 atom stereocenters. The summed E-state index contributed by atoms with van der Waals surface area (Å²) < 4.78 is 8.54. The third-order valence-electron chi connectivity index (χ3n) is 21.8. The molecule has 596 valence electrons. The highest BCUT2D eigenvalue weighted by Gasteiger charge is 2.27. The van der Waals surface area contributed by atoms with Gasteiger partial charge in [-0.2, -0.15) is 8.75 Å². The molecule has 0 N–H and O–H groups in total. The lowest BCUT2D eigenvalue weighted by Gasteiger charge is -2.27. The summed E-state index contributed by atoms with van der Waals surface area (Å²) in [5.74, 6) is 0. The molecule has 115 heavy (non-hydrogen) atoms. The van der Waals surface area contributed by atoms with Gasteiger partial charge in [-0.3, -0.25) is 15.0 Å². The summed E-state index contributed by atoms with van der Waals surface area (Å²) in [6.07, 6.45) is 10.1. The highest BCUT2D eigenvalue weighted by Crippen LogP contribution is 2.42. The lowest BCUT2D eigenvalue weighted by Crippen LogP contribution is -2.17. The molecule has 5 nitrogen and oxygen atoms in total. The Morgan fingerprint density at radius 3 is 1.33 bits per heavy atom. The third kappa shape index (κ3) is 23.0. The smallest absolute Gasteiger partial charge is 0.108 e. The van der Waals surface area contributed by atoms with Crippen LogP contribution in [0.2, 0.25) is 0 Å². The number of hydrogen-bond acceptors (Lipinski definition) is 6. The van der Waals surface area contributed by atoms with Crippen molar-refractivity contribution in [3.8, 4) is 11.1 Å². The molecule has 17 rings (SSSR count). The first kappa shape index (κ1) is 87.4. The van der Waals surface area contributed by atoms with E-state index >= 15 is 0 Å². The fourth-order valence-corrected chi connectivity index (χ4v) is 16.0. The van der Waals surface area contributed by atoms with Crippen LogP contribution in [0.1, 0.15) is 251 Å². The number of aryl methyl sites for hydroxylation is 2. The molecular weight excluding hydrogens is 1410 g/mol. The molecule has 0 fully saturated rings. The maximum atomic E-state index is 4.64. The van der Waals surface area contributed by atoms with Gasteiger partial charge in [0.2, 0.25) is 0 Å². The van der Waals surface area contributed by atoms with E-state index in [9.17, 15) is 0 Å². The Morgan fingerprint density at radius 2 is 0.696 bits per heavy atom. The average Bonchev–Trinajstić information content (AvgIpc) is 1.58. The first-order valence-corrected chi connectivity index (χ1v) is 42.4. The molecule has 2 aliphatic rings. The van der Waals surface area contributed by atoms with Crippen molar-refractivity contribution >= 4 is 77.0 Å². The molecule has 0 amide bonds. The van der Waals surface area contributed by atoms with Crippen LogP contribution >= 0.6 is 11.7 Å². The van der Waals surface area contributed by atoms with Gasteiger partial charge < -0.3 is 0 Å². The van der Waals surface area contributed by atoms with Gasteiger partial charge in [-0.25, -0.2) is 0 Å². The molecule has 2 aliphatic carbocycles. The second kappa shape index (κ2) is 36.4. The Labute approximate surface area is 695 Å². The molecule has 11 aromatic carbocycles. The number of para-hydroxylation sites is 1. The molecule has 0 bridgehead atoms. The summed E-state index contributed by atoms with van der Waals surface area (Å²) in [7, 11) is 0. The van der Waals surface area contributed by atoms with Gasteiger partial charge in [0.15, 0.2) is 0 Å². The minimum atomic E-state index is 0.148. The fraction of sp³-hybridized carbons (Fsp3) is 0.349. The van der Waals surface area contributed by atoms with E-state index in [1.807, 2.05) is 43.6 Å². The molecule has 0 spiro atoms. The number of rotatable bonds is 0. The van der Waals surface area contributed by atoms with Gasteiger partial charge in [-0.05, 0) is 224 Å². The van der Waals surface area contributed by atoms with Gasteiger partial charge in [0.05, 0.1) is 28.3 Å². The van der Waals surface area contributed by atoms with Gasteiger partial charge in [0, 0.05) is 34.2 Å². The number of aromatic nitrogens is 5. The van der Waals surface area contributed by atoms with E-state index in [0.717, 1.165) is 39.7 Å². The van der Waals surface area contributed by atoms with Crippen LogP contribution in [0.3, 0.4) is 0 Å². The summed E-state index contributed by atoms with van der Waals surface area (Å²) in [6, 6.07) is 90.5. The van der Waals surface area contributed by atoms with Crippen LogP contribution in [0, 0.1) is 6.92 Å². The molecule has 6 heteroatoms. The van der Waals surface area contributed by atoms with Gasteiger partial charge in [0.1, 0.15) is 11.0 Å².